The van der Waals surface area contributed by atoms with Crippen molar-refractivity contribution in [3.05, 3.63) is 155 Å². The molecule has 9 aromatic heterocycles. The SMILES string of the molecule is COc1ccc(Nc2nc(-c3c(C)nc4ncccn34)cs2)c(OC)c1.Cc1nc2ccccn2c1-c1csc(Nc2ccc3c(c2)OC(F)(F)O3)n1.[2H]C1([2H])Oc2ccc(Nc3nc(-c4c(C)nc5ccccn45)cs3)cc2O1. The molecule has 12 aromatic rings. The summed E-state index contributed by atoms with van der Waals surface area (Å²) >= 11 is 4.41. The van der Waals surface area contributed by atoms with Crippen LogP contribution in [0.1, 0.15) is 19.8 Å². The van der Waals surface area contributed by atoms with Gasteiger partial charge in [-0.05, 0) is 87.5 Å². The van der Waals surface area contributed by atoms with Gasteiger partial charge in [0.15, 0.2) is 38.4 Å². The van der Waals surface area contributed by atoms with Crippen molar-refractivity contribution in [2.75, 3.05) is 36.9 Å². The summed E-state index contributed by atoms with van der Waals surface area (Å²) in [5.74, 6) is 2.83. The number of ether oxygens (including phenoxy) is 6. The third-order valence-corrected chi connectivity index (χ3v) is 14.3. The number of nitrogens with one attached hydrogen (secondary N) is 3. The summed E-state index contributed by atoms with van der Waals surface area (Å²) in [6, 6.07) is 28.9. The molecule has 0 aliphatic carbocycles. The number of rotatable bonds is 11. The van der Waals surface area contributed by atoms with Crippen molar-refractivity contribution in [2.24, 2.45) is 0 Å². The van der Waals surface area contributed by atoms with Crippen LogP contribution in [0.25, 0.3) is 51.2 Å². The Labute approximate surface area is 457 Å². The highest BCUT2D eigenvalue weighted by molar-refractivity contribution is 7.14. The standard InChI is InChI=1S/C18H12F2N4O2S.C18H17N5O2S.C18H14N4O2S/c1-10-16(24-7-3-2-4-15(24)21-10)12-9-27-17(23-12)22-11-5-6-13-14(8-11)26-18(19,20)25-13;1-11-16(23-8-4-7-19-17(23)20-11)14-10-26-18(22-14)21-13-6-5-12(24-2)9-15(13)25-3;1-11-17(22-7-3-2-4-16(22)19-11)13-9-25-18(21-13)20-12-5-6-14-15(8-12)24-10-23-14/h2-9H,1H3,(H,22,23);4-10H,1-3H3,(H,21,22);2-9H,10H2,1H3,(H,20,21)/i;;10D2. The van der Waals surface area contributed by atoms with Gasteiger partial charge in [0.05, 0.1) is 54.1 Å². The number of anilines is 6. The maximum atomic E-state index is 13.1. The number of aromatic nitrogens is 10. The summed E-state index contributed by atoms with van der Waals surface area (Å²) in [4.78, 5) is 31.9. The van der Waals surface area contributed by atoms with Crippen LogP contribution in [0, 0.1) is 20.8 Å². The van der Waals surface area contributed by atoms with Gasteiger partial charge in [-0.1, -0.05) is 12.1 Å². The lowest BCUT2D eigenvalue weighted by molar-refractivity contribution is -0.286. The van der Waals surface area contributed by atoms with Crippen LogP contribution in [0.2, 0.25) is 0 Å². The van der Waals surface area contributed by atoms with Gasteiger partial charge in [0, 0.05) is 70.5 Å². The largest absolute Gasteiger partial charge is 0.586 e. The van der Waals surface area contributed by atoms with Crippen molar-refractivity contribution in [3.8, 4) is 68.7 Å². The maximum absolute atomic E-state index is 13.1. The number of hydrogen-bond donors (Lipinski definition) is 3. The lowest BCUT2D eigenvalue weighted by Gasteiger charge is -2.10. The molecular formula is C54H43F2N13O6S3. The van der Waals surface area contributed by atoms with Crippen LogP contribution >= 0.6 is 34.0 Å². The quantitative estimate of drug-likeness (QED) is 0.111. The molecule has 2 aliphatic rings. The topological polar surface area (TPSA) is 195 Å². The Morgan fingerprint density at radius 1 is 0.564 bits per heavy atom. The zero-order valence-corrected chi connectivity index (χ0v) is 44.1. The first-order valence-electron chi connectivity index (χ1n) is 24.7. The van der Waals surface area contributed by atoms with Crippen LogP contribution in [-0.4, -0.2) is 75.3 Å². The number of nitrogens with zero attached hydrogens (tertiary/aromatic N) is 10. The minimum Gasteiger partial charge on any atom is -0.497 e. The molecule has 78 heavy (non-hydrogen) atoms. The first-order chi connectivity index (χ1) is 38.7. The van der Waals surface area contributed by atoms with Crippen molar-refractivity contribution in [2.45, 2.75) is 27.1 Å². The molecule has 3 N–H and O–H groups in total. The van der Waals surface area contributed by atoms with Gasteiger partial charge >= 0.3 is 6.29 Å². The third-order valence-electron chi connectivity index (χ3n) is 12.0. The van der Waals surface area contributed by atoms with Gasteiger partial charge in [-0.15, -0.1) is 42.8 Å². The van der Waals surface area contributed by atoms with Crippen LogP contribution in [0.3, 0.4) is 0 Å². The minimum absolute atomic E-state index is 0.00623. The molecule has 24 heteroatoms. The molecule has 0 spiro atoms. The number of methoxy groups -OCH3 is 2. The molecular weight excluding hydrogens is 1060 g/mol. The smallest absolute Gasteiger partial charge is 0.497 e. The molecule has 14 rings (SSSR count). The van der Waals surface area contributed by atoms with Crippen molar-refractivity contribution in [1.29, 1.82) is 0 Å². The number of benzene rings is 3. The fourth-order valence-corrected chi connectivity index (χ4v) is 10.8. The van der Waals surface area contributed by atoms with Crippen molar-refractivity contribution in [3.63, 3.8) is 0 Å². The second kappa shape index (κ2) is 20.6. The van der Waals surface area contributed by atoms with Crippen molar-refractivity contribution >= 4 is 83.5 Å². The van der Waals surface area contributed by atoms with E-state index in [9.17, 15) is 8.78 Å². The molecule has 0 atom stereocenters. The van der Waals surface area contributed by atoms with Crippen molar-refractivity contribution < 1.29 is 39.9 Å². The summed E-state index contributed by atoms with van der Waals surface area (Å²) in [5, 5.41) is 17.7. The van der Waals surface area contributed by atoms with E-state index in [1.54, 1.807) is 44.7 Å². The monoisotopic (exact) mass is 1110 g/mol. The maximum Gasteiger partial charge on any atom is 0.586 e. The average Bonchev–Trinajstić information content (AvgIpc) is 4.37. The van der Waals surface area contributed by atoms with E-state index in [1.165, 1.54) is 46.1 Å². The molecule has 0 saturated heterocycles. The van der Waals surface area contributed by atoms with E-state index in [1.807, 2.05) is 129 Å². The van der Waals surface area contributed by atoms with Crippen LogP contribution in [0.15, 0.2) is 138 Å². The third kappa shape index (κ3) is 9.97. The average molecular weight is 1110 g/mol. The van der Waals surface area contributed by atoms with E-state index >= 15 is 0 Å². The normalized spacial score (nSPS) is 13.8. The van der Waals surface area contributed by atoms with Crippen LogP contribution in [-0.2, 0) is 0 Å². The van der Waals surface area contributed by atoms with E-state index in [2.05, 4.69) is 55.3 Å². The molecule has 0 amide bonds. The first kappa shape index (κ1) is 47.1. The van der Waals surface area contributed by atoms with E-state index in [-0.39, 0.29) is 11.5 Å². The highest BCUT2D eigenvalue weighted by atomic mass is 32.1. The summed E-state index contributed by atoms with van der Waals surface area (Å²) in [6.07, 6.45) is 3.96. The van der Waals surface area contributed by atoms with Crippen LogP contribution in [0.4, 0.5) is 41.2 Å². The number of thiazole rings is 3. The second-order valence-corrected chi connectivity index (χ2v) is 19.7. The number of halogens is 2. The molecule has 0 unspecified atom stereocenters. The number of imidazole rings is 3. The number of pyridine rings is 2. The van der Waals surface area contributed by atoms with E-state index in [4.69, 9.17) is 26.7 Å². The molecule has 0 saturated carbocycles. The van der Waals surface area contributed by atoms with E-state index < -0.39 is 13.0 Å². The summed E-state index contributed by atoms with van der Waals surface area (Å²) < 4.78 is 77.0. The molecule has 0 fully saturated rings. The van der Waals surface area contributed by atoms with Crippen LogP contribution < -0.4 is 44.4 Å². The first-order valence-corrected chi connectivity index (χ1v) is 26.3. The highest BCUT2D eigenvalue weighted by Gasteiger charge is 2.43. The molecule has 19 nitrogen and oxygen atoms in total. The Bertz CT molecular complexity index is 4090. The molecule has 11 heterocycles. The Morgan fingerprint density at radius 2 is 1.10 bits per heavy atom. The Balaban J connectivity index is 0.000000119. The zero-order valence-electron chi connectivity index (χ0n) is 43.7. The van der Waals surface area contributed by atoms with Gasteiger partial charge in [-0.25, -0.2) is 34.9 Å². The molecule has 2 aliphatic heterocycles. The minimum atomic E-state index is -3.63. The lowest BCUT2D eigenvalue weighted by atomic mass is 10.2. The summed E-state index contributed by atoms with van der Waals surface area (Å²) in [6.45, 7) is 3.74. The lowest BCUT2D eigenvalue weighted by Crippen LogP contribution is -2.25. The van der Waals surface area contributed by atoms with Gasteiger partial charge in [-0.3, -0.25) is 13.2 Å². The van der Waals surface area contributed by atoms with Gasteiger partial charge in [0.25, 0.3) is 0 Å². The van der Waals surface area contributed by atoms with Gasteiger partial charge in [-0.2, -0.15) is 0 Å². The van der Waals surface area contributed by atoms with Gasteiger partial charge < -0.3 is 44.4 Å². The predicted octanol–water partition coefficient (Wildman–Crippen LogP) is 13.0. The molecule has 3 aromatic carbocycles. The number of hydrogen-bond acceptors (Lipinski definition) is 19. The summed E-state index contributed by atoms with van der Waals surface area (Å²) in [5.41, 5.74) is 11.9. The molecule has 0 bridgehead atoms. The van der Waals surface area contributed by atoms with Gasteiger partial charge in [0.1, 0.15) is 42.6 Å². The molecule has 392 valence electrons. The Hall–Kier alpha value is -9.39. The van der Waals surface area contributed by atoms with Gasteiger partial charge in [0.2, 0.25) is 12.5 Å². The van der Waals surface area contributed by atoms with Crippen LogP contribution in [0.5, 0.6) is 34.5 Å². The second-order valence-electron chi connectivity index (χ2n) is 17.1. The number of alkyl halides is 2. The molecule has 0 radical (unpaired) electrons. The fraction of sp³-hybridized carbons (Fsp3) is 0.130. The zero-order chi connectivity index (χ0) is 55.3. The number of aryl methyl sites for hydroxylation is 3. The highest BCUT2D eigenvalue weighted by Crippen LogP contribution is 2.43. The van der Waals surface area contributed by atoms with E-state index in [0.717, 1.165) is 89.9 Å². The predicted molar refractivity (Wildman–Crippen MR) is 296 cm³/mol. The van der Waals surface area contributed by atoms with Crippen molar-refractivity contribution in [1.82, 2.24) is 48.1 Å². The number of fused-ring (bicyclic) bond motifs is 5. The van der Waals surface area contributed by atoms with E-state index in [0.29, 0.717) is 33.8 Å². The summed E-state index contributed by atoms with van der Waals surface area (Å²) in [7, 11) is 3.25. The fourth-order valence-electron chi connectivity index (χ4n) is 8.62. The Kier molecular flexibility index (Phi) is 12.4. The Morgan fingerprint density at radius 3 is 1.72 bits per heavy atom.